The lowest BCUT2D eigenvalue weighted by atomic mass is 10.3. The molecule has 0 aliphatic rings. The number of nitrogens with zero attached hydrogens (tertiary/aromatic N) is 3. The summed E-state index contributed by atoms with van der Waals surface area (Å²) >= 11 is 3.41. The van der Waals surface area contributed by atoms with Crippen molar-refractivity contribution in [3.63, 3.8) is 0 Å². The normalized spacial score (nSPS) is 10.7. The van der Waals surface area contributed by atoms with Gasteiger partial charge in [0.15, 0.2) is 0 Å². The van der Waals surface area contributed by atoms with Crippen LogP contribution in [0, 0.1) is 0 Å². The first kappa shape index (κ1) is 12.3. The predicted molar refractivity (Wildman–Crippen MR) is 69.7 cm³/mol. The van der Waals surface area contributed by atoms with Crippen LogP contribution in [0.25, 0.3) is 11.4 Å². The SMILES string of the molecule is CCOCCn1ccnc1-c1cncc(Br)c1. The van der Waals surface area contributed by atoms with Crippen LogP contribution in [0.2, 0.25) is 0 Å². The lowest BCUT2D eigenvalue weighted by Gasteiger charge is -2.07. The molecule has 0 radical (unpaired) electrons. The zero-order valence-corrected chi connectivity index (χ0v) is 11.2. The van der Waals surface area contributed by atoms with E-state index in [0.717, 1.165) is 29.0 Å². The molecule has 0 fully saturated rings. The fraction of sp³-hybridized carbons (Fsp3) is 0.333. The Labute approximate surface area is 109 Å². The van der Waals surface area contributed by atoms with Crippen molar-refractivity contribution >= 4 is 15.9 Å². The highest BCUT2D eigenvalue weighted by atomic mass is 79.9. The molecule has 2 rings (SSSR count). The second-order valence-corrected chi connectivity index (χ2v) is 4.45. The summed E-state index contributed by atoms with van der Waals surface area (Å²) in [7, 11) is 0. The molecule has 2 aromatic rings. The Bertz CT molecular complexity index is 484. The molecule has 0 amide bonds. The van der Waals surface area contributed by atoms with Gasteiger partial charge in [-0.15, -0.1) is 0 Å². The van der Waals surface area contributed by atoms with Gasteiger partial charge in [0.2, 0.25) is 0 Å². The standard InChI is InChI=1S/C12H14BrN3O/c1-2-17-6-5-16-4-3-15-12(16)10-7-11(13)9-14-8-10/h3-4,7-9H,2,5-6H2,1H3. The summed E-state index contributed by atoms with van der Waals surface area (Å²) in [4.78, 5) is 8.50. The molecule has 90 valence electrons. The minimum Gasteiger partial charge on any atom is -0.380 e. The van der Waals surface area contributed by atoms with Gasteiger partial charge in [0.05, 0.1) is 6.61 Å². The molecule has 0 atom stereocenters. The molecule has 17 heavy (non-hydrogen) atoms. The van der Waals surface area contributed by atoms with Crippen molar-refractivity contribution in [2.24, 2.45) is 0 Å². The van der Waals surface area contributed by atoms with Gasteiger partial charge < -0.3 is 9.30 Å². The van der Waals surface area contributed by atoms with E-state index in [0.29, 0.717) is 6.61 Å². The van der Waals surface area contributed by atoms with Gasteiger partial charge in [-0.2, -0.15) is 0 Å². The number of aromatic nitrogens is 3. The van der Waals surface area contributed by atoms with E-state index in [4.69, 9.17) is 4.74 Å². The first-order valence-corrected chi connectivity index (χ1v) is 6.30. The Kier molecular flexibility index (Phi) is 4.28. The molecule has 2 heterocycles. The van der Waals surface area contributed by atoms with Crippen LogP contribution in [0.4, 0.5) is 0 Å². The monoisotopic (exact) mass is 295 g/mol. The Morgan fingerprint density at radius 1 is 1.41 bits per heavy atom. The Balaban J connectivity index is 2.18. The maximum absolute atomic E-state index is 5.35. The van der Waals surface area contributed by atoms with Gasteiger partial charge in [-0.1, -0.05) is 0 Å². The third kappa shape index (κ3) is 3.14. The fourth-order valence-electron chi connectivity index (χ4n) is 1.59. The average molecular weight is 296 g/mol. The van der Waals surface area contributed by atoms with E-state index in [1.54, 1.807) is 12.4 Å². The van der Waals surface area contributed by atoms with Crippen LogP contribution in [0.5, 0.6) is 0 Å². The summed E-state index contributed by atoms with van der Waals surface area (Å²) in [5.74, 6) is 0.915. The molecule has 5 heteroatoms. The number of halogens is 1. The van der Waals surface area contributed by atoms with Gasteiger partial charge in [-0.25, -0.2) is 4.98 Å². The maximum Gasteiger partial charge on any atom is 0.141 e. The highest BCUT2D eigenvalue weighted by Crippen LogP contribution is 2.20. The number of imidazole rings is 1. The molecule has 0 spiro atoms. The van der Waals surface area contributed by atoms with Crippen molar-refractivity contribution in [2.75, 3.05) is 13.2 Å². The van der Waals surface area contributed by atoms with Crippen molar-refractivity contribution in [1.29, 1.82) is 0 Å². The molecule has 4 nitrogen and oxygen atoms in total. The minimum absolute atomic E-state index is 0.696. The van der Waals surface area contributed by atoms with Crippen molar-refractivity contribution < 1.29 is 4.74 Å². The smallest absolute Gasteiger partial charge is 0.141 e. The van der Waals surface area contributed by atoms with Gasteiger partial charge in [-0.05, 0) is 28.9 Å². The van der Waals surface area contributed by atoms with Gasteiger partial charge in [-0.3, -0.25) is 4.98 Å². The van der Waals surface area contributed by atoms with Crippen LogP contribution < -0.4 is 0 Å². The second-order valence-electron chi connectivity index (χ2n) is 3.53. The highest BCUT2D eigenvalue weighted by Gasteiger charge is 2.06. The van der Waals surface area contributed by atoms with Gasteiger partial charge in [0.25, 0.3) is 0 Å². The van der Waals surface area contributed by atoms with Crippen molar-refractivity contribution in [2.45, 2.75) is 13.5 Å². The summed E-state index contributed by atoms with van der Waals surface area (Å²) in [5.41, 5.74) is 1.00. The largest absolute Gasteiger partial charge is 0.380 e. The predicted octanol–water partition coefficient (Wildman–Crippen LogP) is 2.74. The topological polar surface area (TPSA) is 39.9 Å². The summed E-state index contributed by atoms with van der Waals surface area (Å²) in [5, 5.41) is 0. The Morgan fingerprint density at radius 2 is 2.29 bits per heavy atom. The molecule has 0 aromatic carbocycles. The number of hydrogen-bond donors (Lipinski definition) is 0. The molecule has 2 aromatic heterocycles. The third-order valence-electron chi connectivity index (χ3n) is 2.36. The quantitative estimate of drug-likeness (QED) is 0.797. The average Bonchev–Trinajstić information content (AvgIpc) is 2.78. The molecule has 0 unspecified atom stereocenters. The number of ether oxygens (including phenoxy) is 1. The van der Waals surface area contributed by atoms with E-state index in [1.807, 2.05) is 25.4 Å². The fourth-order valence-corrected chi connectivity index (χ4v) is 1.96. The summed E-state index contributed by atoms with van der Waals surface area (Å²) in [6.45, 7) is 4.23. The third-order valence-corrected chi connectivity index (χ3v) is 2.79. The molecule has 0 aliphatic heterocycles. The van der Waals surface area contributed by atoms with Crippen LogP contribution in [-0.2, 0) is 11.3 Å². The first-order valence-electron chi connectivity index (χ1n) is 5.51. The zero-order chi connectivity index (χ0) is 12.1. The van der Waals surface area contributed by atoms with Crippen LogP contribution >= 0.6 is 15.9 Å². The van der Waals surface area contributed by atoms with Gasteiger partial charge in [0.1, 0.15) is 5.82 Å². The van der Waals surface area contributed by atoms with E-state index in [1.165, 1.54) is 0 Å². The molecule has 0 bridgehead atoms. The summed E-state index contributed by atoms with van der Waals surface area (Å²) in [6.07, 6.45) is 7.32. The van der Waals surface area contributed by atoms with Gasteiger partial charge in [0, 0.05) is 48.0 Å². The van der Waals surface area contributed by atoms with Crippen LogP contribution in [0.3, 0.4) is 0 Å². The van der Waals surface area contributed by atoms with Crippen molar-refractivity contribution in [1.82, 2.24) is 14.5 Å². The minimum atomic E-state index is 0.696. The molecular formula is C12H14BrN3O. The number of hydrogen-bond acceptors (Lipinski definition) is 3. The Morgan fingerprint density at radius 3 is 3.06 bits per heavy atom. The van der Waals surface area contributed by atoms with E-state index in [-0.39, 0.29) is 0 Å². The van der Waals surface area contributed by atoms with Crippen LogP contribution in [0.1, 0.15) is 6.92 Å². The van der Waals surface area contributed by atoms with Crippen molar-refractivity contribution in [3.8, 4) is 11.4 Å². The van der Waals surface area contributed by atoms with Crippen LogP contribution in [0.15, 0.2) is 35.3 Å². The lowest BCUT2D eigenvalue weighted by molar-refractivity contribution is 0.139. The van der Waals surface area contributed by atoms with Gasteiger partial charge >= 0.3 is 0 Å². The molecule has 0 aliphatic carbocycles. The highest BCUT2D eigenvalue weighted by molar-refractivity contribution is 9.10. The summed E-state index contributed by atoms with van der Waals surface area (Å²) < 4.78 is 8.37. The lowest BCUT2D eigenvalue weighted by Crippen LogP contribution is -2.06. The van der Waals surface area contributed by atoms with E-state index >= 15 is 0 Å². The maximum atomic E-state index is 5.35. The first-order chi connectivity index (χ1) is 8.31. The number of rotatable bonds is 5. The molecular weight excluding hydrogens is 282 g/mol. The van der Waals surface area contributed by atoms with E-state index < -0.39 is 0 Å². The van der Waals surface area contributed by atoms with E-state index in [2.05, 4.69) is 30.5 Å². The molecule has 0 saturated carbocycles. The van der Waals surface area contributed by atoms with E-state index in [9.17, 15) is 0 Å². The van der Waals surface area contributed by atoms with Crippen molar-refractivity contribution in [3.05, 3.63) is 35.3 Å². The molecule has 0 N–H and O–H groups in total. The van der Waals surface area contributed by atoms with Crippen LogP contribution in [-0.4, -0.2) is 27.7 Å². The zero-order valence-electron chi connectivity index (χ0n) is 9.64. The molecule has 0 saturated heterocycles. The second kappa shape index (κ2) is 5.93. The number of pyridine rings is 1. The summed E-state index contributed by atoms with van der Waals surface area (Å²) in [6, 6.07) is 2.01. The Hall–Kier alpha value is -1.20.